The van der Waals surface area contributed by atoms with E-state index in [1.54, 1.807) is 0 Å². The first kappa shape index (κ1) is 15.1. The second-order valence-corrected chi connectivity index (χ2v) is 6.24. The highest BCUT2D eigenvalue weighted by atomic mass is 35.5. The quantitative estimate of drug-likeness (QED) is 0.752. The molecule has 2 aromatic heterocycles. The Kier molecular flexibility index (Phi) is 4.47. The summed E-state index contributed by atoms with van der Waals surface area (Å²) in [6.45, 7) is 0.399. The lowest BCUT2D eigenvalue weighted by Gasteiger charge is -2.11. The molecule has 3 aromatic rings. The summed E-state index contributed by atoms with van der Waals surface area (Å²) >= 11 is 7.52. The lowest BCUT2D eigenvalue weighted by atomic mass is 10.2. The number of aromatic nitrogens is 1. The van der Waals surface area contributed by atoms with Crippen LogP contribution in [0.15, 0.2) is 47.3 Å². The van der Waals surface area contributed by atoms with E-state index in [4.69, 9.17) is 11.6 Å². The van der Waals surface area contributed by atoms with Crippen molar-refractivity contribution < 1.29 is 9.90 Å². The van der Waals surface area contributed by atoms with Crippen LogP contribution in [0.3, 0.4) is 0 Å². The van der Waals surface area contributed by atoms with Crippen LogP contribution in [0.2, 0.25) is 5.02 Å². The summed E-state index contributed by atoms with van der Waals surface area (Å²) in [6, 6.07) is 9.38. The number of aliphatic hydroxyl groups excluding tert-OH is 1. The van der Waals surface area contributed by atoms with Gasteiger partial charge in [0.25, 0.3) is 0 Å². The molecule has 0 bridgehead atoms. The average Bonchev–Trinajstić information content (AvgIpc) is 3.15. The van der Waals surface area contributed by atoms with Gasteiger partial charge in [-0.15, -0.1) is 0 Å². The number of benzene rings is 1. The molecule has 4 nitrogen and oxygen atoms in total. The summed E-state index contributed by atoms with van der Waals surface area (Å²) in [5, 5.41) is 18.2. The van der Waals surface area contributed by atoms with Gasteiger partial charge in [0.05, 0.1) is 6.10 Å². The number of amides is 1. The van der Waals surface area contributed by atoms with Crippen molar-refractivity contribution in [2.75, 3.05) is 6.54 Å². The Balaban J connectivity index is 1.62. The van der Waals surface area contributed by atoms with Crippen molar-refractivity contribution in [2.24, 2.45) is 0 Å². The van der Waals surface area contributed by atoms with Crippen molar-refractivity contribution in [3.8, 4) is 0 Å². The number of halogens is 1. The van der Waals surface area contributed by atoms with E-state index in [2.05, 4.69) is 5.32 Å². The third-order valence-electron chi connectivity index (χ3n) is 3.47. The van der Waals surface area contributed by atoms with E-state index < -0.39 is 6.10 Å². The first-order valence-corrected chi connectivity index (χ1v) is 8.17. The normalized spacial score (nSPS) is 12.5. The summed E-state index contributed by atoms with van der Waals surface area (Å²) in [5.74, 6) is -0.147. The molecule has 0 saturated carbocycles. The second kappa shape index (κ2) is 6.52. The van der Waals surface area contributed by atoms with Crippen LogP contribution in [-0.4, -0.2) is 22.1 Å². The van der Waals surface area contributed by atoms with E-state index in [0.29, 0.717) is 5.02 Å². The smallest absolute Gasteiger partial charge is 0.240 e. The highest BCUT2D eigenvalue weighted by Crippen LogP contribution is 2.20. The van der Waals surface area contributed by atoms with Gasteiger partial charge in [-0.1, -0.05) is 17.7 Å². The molecule has 3 rings (SSSR count). The summed E-state index contributed by atoms with van der Waals surface area (Å²) in [5.41, 5.74) is 1.74. The Bertz CT molecular complexity index is 783. The Morgan fingerprint density at radius 3 is 3.00 bits per heavy atom. The number of hydrogen-bond acceptors (Lipinski definition) is 3. The average molecular weight is 335 g/mol. The van der Waals surface area contributed by atoms with Gasteiger partial charge in [-0.2, -0.15) is 11.3 Å². The molecular weight excluding hydrogens is 320 g/mol. The van der Waals surface area contributed by atoms with E-state index in [9.17, 15) is 9.90 Å². The fourth-order valence-electron chi connectivity index (χ4n) is 2.30. The number of thiophene rings is 1. The lowest BCUT2D eigenvalue weighted by molar-refractivity contribution is -0.122. The van der Waals surface area contributed by atoms with Gasteiger partial charge >= 0.3 is 0 Å². The molecule has 0 aliphatic heterocycles. The minimum atomic E-state index is -0.675. The van der Waals surface area contributed by atoms with Crippen molar-refractivity contribution in [1.29, 1.82) is 0 Å². The van der Waals surface area contributed by atoms with Gasteiger partial charge in [-0.25, -0.2) is 0 Å². The molecule has 0 fully saturated rings. The lowest BCUT2D eigenvalue weighted by Crippen LogP contribution is -2.31. The van der Waals surface area contributed by atoms with Crippen LogP contribution < -0.4 is 5.32 Å². The summed E-state index contributed by atoms with van der Waals surface area (Å²) in [6.07, 6.45) is 1.18. The maximum Gasteiger partial charge on any atom is 0.240 e. The standard InChI is InChI=1S/C16H15ClN2O2S/c17-13-2-1-11-3-5-19(14(11)7-13)9-16(21)18-8-15(20)12-4-6-22-10-12/h1-7,10,15,20H,8-9H2,(H,18,21). The monoisotopic (exact) mass is 334 g/mol. The highest BCUT2D eigenvalue weighted by Gasteiger charge is 2.11. The van der Waals surface area contributed by atoms with E-state index in [0.717, 1.165) is 16.5 Å². The number of hydrogen-bond donors (Lipinski definition) is 2. The summed E-state index contributed by atoms with van der Waals surface area (Å²) < 4.78 is 1.84. The Morgan fingerprint density at radius 1 is 1.36 bits per heavy atom. The van der Waals surface area contributed by atoms with Gasteiger partial charge in [-0.05, 0) is 46.0 Å². The van der Waals surface area contributed by atoms with Crippen molar-refractivity contribution in [3.63, 3.8) is 0 Å². The number of nitrogens with one attached hydrogen (secondary N) is 1. The van der Waals surface area contributed by atoms with Gasteiger partial charge in [-0.3, -0.25) is 4.79 Å². The third kappa shape index (κ3) is 3.32. The molecule has 1 atom stereocenters. The first-order valence-electron chi connectivity index (χ1n) is 6.85. The number of carbonyl (C=O) groups is 1. The molecule has 0 spiro atoms. The van der Waals surface area contributed by atoms with E-state index in [1.165, 1.54) is 11.3 Å². The van der Waals surface area contributed by atoms with Crippen LogP contribution in [0.5, 0.6) is 0 Å². The SMILES string of the molecule is O=C(Cn1ccc2ccc(Cl)cc21)NCC(O)c1ccsc1. The largest absolute Gasteiger partial charge is 0.387 e. The number of rotatable bonds is 5. The van der Waals surface area contributed by atoms with Gasteiger partial charge in [0, 0.05) is 23.3 Å². The zero-order valence-corrected chi connectivity index (χ0v) is 13.3. The van der Waals surface area contributed by atoms with Crippen LogP contribution in [0.4, 0.5) is 0 Å². The van der Waals surface area contributed by atoms with Crippen molar-refractivity contribution in [2.45, 2.75) is 12.6 Å². The van der Waals surface area contributed by atoms with Gasteiger partial charge in [0.15, 0.2) is 0 Å². The van der Waals surface area contributed by atoms with Gasteiger partial charge < -0.3 is 15.0 Å². The maximum absolute atomic E-state index is 12.0. The third-order valence-corrected chi connectivity index (χ3v) is 4.41. The predicted molar refractivity (Wildman–Crippen MR) is 89.2 cm³/mol. The molecular formula is C16H15ClN2O2S. The molecule has 0 aliphatic rings. The van der Waals surface area contributed by atoms with E-state index in [1.807, 2.05) is 51.9 Å². The Morgan fingerprint density at radius 2 is 2.23 bits per heavy atom. The van der Waals surface area contributed by atoms with Crippen LogP contribution in [0, 0.1) is 0 Å². The minimum Gasteiger partial charge on any atom is -0.387 e. The molecule has 6 heteroatoms. The molecule has 0 radical (unpaired) electrons. The molecule has 1 amide bonds. The topological polar surface area (TPSA) is 54.3 Å². The van der Waals surface area contributed by atoms with Crippen molar-refractivity contribution in [1.82, 2.24) is 9.88 Å². The van der Waals surface area contributed by atoms with Crippen molar-refractivity contribution >= 4 is 39.7 Å². The molecule has 1 unspecified atom stereocenters. The van der Waals surface area contributed by atoms with Crippen LogP contribution in [0.25, 0.3) is 10.9 Å². The fraction of sp³-hybridized carbons (Fsp3) is 0.188. The first-order chi connectivity index (χ1) is 10.6. The van der Waals surface area contributed by atoms with Crippen LogP contribution >= 0.6 is 22.9 Å². The van der Waals surface area contributed by atoms with Gasteiger partial charge in [0.2, 0.25) is 5.91 Å². The number of fused-ring (bicyclic) bond motifs is 1. The molecule has 22 heavy (non-hydrogen) atoms. The minimum absolute atomic E-state index is 0.147. The summed E-state index contributed by atoms with van der Waals surface area (Å²) in [4.78, 5) is 12.0. The van der Waals surface area contributed by atoms with E-state index in [-0.39, 0.29) is 19.0 Å². The maximum atomic E-state index is 12.0. The molecule has 2 heterocycles. The molecule has 1 aromatic carbocycles. The zero-order chi connectivity index (χ0) is 15.5. The van der Waals surface area contributed by atoms with Gasteiger partial charge in [0.1, 0.15) is 6.54 Å². The predicted octanol–water partition coefficient (Wildman–Crippen LogP) is 3.21. The number of nitrogens with zero attached hydrogens (tertiary/aromatic N) is 1. The molecule has 0 saturated heterocycles. The van der Waals surface area contributed by atoms with E-state index >= 15 is 0 Å². The number of aliphatic hydroxyl groups is 1. The summed E-state index contributed by atoms with van der Waals surface area (Å²) in [7, 11) is 0. The van der Waals surface area contributed by atoms with Crippen LogP contribution in [-0.2, 0) is 11.3 Å². The van der Waals surface area contributed by atoms with Crippen molar-refractivity contribution in [3.05, 3.63) is 57.9 Å². The molecule has 114 valence electrons. The Hall–Kier alpha value is -1.82. The molecule has 2 N–H and O–H groups in total. The Labute approximate surface area is 136 Å². The highest BCUT2D eigenvalue weighted by molar-refractivity contribution is 7.07. The zero-order valence-electron chi connectivity index (χ0n) is 11.7. The fourth-order valence-corrected chi connectivity index (χ4v) is 3.17. The second-order valence-electron chi connectivity index (χ2n) is 5.02. The molecule has 0 aliphatic carbocycles. The number of carbonyl (C=O) groups excluding carboxylic acids is 1. The van der Waals surface area contributed by atoms with Crippen LogP contribution in [0.1, 0.15) is 11.7 Å².